The smallest absolute Gasteiger partial charge is 0.197 e. The standard InChI is InChI=1S/C28H27N9/c29-11-2-1-6-23-34-25-27(35-23)32-21(14-30-25)19-9-7-18-13-20(10-8-17(18)12-19)22-15-31-26-28(33-22)37-24(36-26)16-4-3-5-16/h7-10,12-16H,1-6,11,29H2,(H,30,32,34,35)(H,31,33,36,37). The number of H-pyrrole nitrogens is 2. The molecule has 0 aliphatic heterocycles. The van der Waals surface area contributed by atoms with Crippen molar-refractivity contribution < 1.29 is 0 Å². The van der Waals surface area contributed by atoms with Crippen molar-refractivity contribution in [3.63, 3.8) is 0 Å². The van der Waals surface area contributed by atoms with Gasteiger partial charge in [-0.15, -0.1) is 0 Å². The minimum atomic E-state index is 0.524. The fourth-order valence-corrected chi connectivity index (χ4v) is 4.93. The summed E-state index contributed by atoms with van der Waals surface area (Å²) >= 11 is 0. The van der Waals surface area contributed by atoms with Crippen molar-refractivity contribution in [2.24, 2.45) is 5.73 Å². The number of hydrogen-bond donors (Lipinski definition) is 3. The molecule has 9 nitrogen and oxygen atoms in total. The predicted molar refractivity (Wildman–Crippen MR) is 144 cm³/mol. The van der Waals surface area contributed by atoms with E-state index in [2.05, 4.69) is 66.3 Å². The lowest BCUT2D eigenvalue weighted by Crippen LogP contribution is -2.10. The SMILES string of the molecule is NCCCCc1nc2ncc(-c3ccc4cc(-c5cnc6nc(C7CCC7)[nH]c6n5)ccc4c3)nc2[nH]1. The van der Waals surface area contributed by atoms with Gasteiger partial charge in [0.1, 0.15) is 11.6 Å². The number of nitrogens with two attached hydrogens (primary N) is 1. The molecule has 6 aromatic rings. The number of aryl methyl sites for hydroxylation is 1. The maximum atomic E-state index is 5.60. The van der Waals surface area contributed by atoms with Crippen LogP contribution in [0, 0.1) is 0 Å². The molecule has 0 amide bonds. The number of fused-ring (bicyclic) bond motifs is 3. The lowest BCUT2D eigenvalue weighted by atomic mass is 9.85. The topological polar surface area (TPSA) is 135 Å². The number of benzene rings is 2. The van der Waals surface area contributed by atoms with Crippen LogP contribution in [0.2, 0.25) is 0 Å². The van der Waals surface area contributed by atoms with E-state index < -0.39 is 0 Å². The van der Waals surface area contributed by atoms with E-state index in [0.717, 1.165) is 69.8 Å². The highest BCUT2D eigenvalue weighted by Gasteiger charge is 2.23. The van der Waals surface area contributed by atoms with Crippen LogP contribution >= 0.6 is 0 Å². The Balaban J connectivity index is 1.17. The Morgan fingerprint density at radius 1 is 0.757 bits per heavy atom. The van der Waals surface area contributed by atoms with E-state index in [4.69, 9.17) is 15.7 Å². The third kappa shape index (κ3) is 4.11. The monoisotopic (exact) mass is 489 g/mol. The molecule has 1 fully saturated rings. The van der Waals surface area contributed by atoms with Crippen LogP contribution in [0.15, 0.2) is 48.8 Å². The van der Waals surface area contributed by atoms with Gasteiger partial charge in [0, 0.05) is 23.5 Å². The van der Waals surface area contributed by atoms with E-state index in [1.54, 1.807) is 6.20 Å². The Morgan fingerprint density at radius 2 is 1.41 bits per heavy atom. The zero-order valence-electron chi connectivity index (χ0n) is 20.4. The zero-order chi connectivity index (χ0) is 24.8. The first-order valence-electron chi connectivity index (χ1n) is 12.9. The van der Waals surface area contributed by atoms with Crippen LogP contribution < -0.4 is 5.73 Å². The molecule has 4 heterocycles. The fourth-order valence-electron chi connectivity index (χ4n) is 4.93. The molecule has 2 aromatic carbocycles. The molecule has 0 spiro atoms. The van der Waals surface area contributed by atoms with Gasteiger partial charge < -0.3 is 15.7 Å². The number of aromatic nitrogens is 8. The fraction of sp³-hybridized carbons (Fsp3) is 0.286. The lowest BCUT2D eigenvalue weighted by molar-refractivity contribution is 0.404. The van der Waals surface area contributed by atoms with Crippen LogP contribution in [-0.4, -0.2) is 46.4 Å². The first-order valence-corrected chi connectivity index (χ1v) is 12.9. The molecule has 1 aliphatic carbocycles. The summed E-state index contributed by atoms with van der Waals surface area (Å²) in [5.41, 5.74) is 12.1. The van der Waals surface area contributed by atoms with Gasteiger partial charge in [-0.1, -0.05) is 30.7 Å². The summed E-state index contributed by atoms with van der Waals surface area (Å²) in [5, 5.41) is 2.25. The van der Waals surface area contributed by atoms with E-state index >= 15 is 0 Å². The van der Waals surface area contributed by atoms with Crippen LogP contribution in [0.1, 0.15) is 49.7 Å². The average molecular weight is 490 g/mol. The second-order valence-electron chi connectivity index (χ2n) is 9.81. The summed E-state index contributed by atoms with van der Waals surface area (Å²) in [6, 6.07) is 12.7. The van der Waals surface area contributed by atoms with Gasteiger partial charge in [-0.3, -0.25) is 0 Å². The van der Waals surface area contributed by atoms with Gasteiger partial charge in [0.05, 0.1) is 23.8 Å². The molecule has 4 N–H and O–H groups in total. The number of nitrogens with zero attached hydrogens (tertiary/aromatic N) is 6. The van der Waals surface area contributed by atoms with Gasteiger partial charge in [0.25, 0.3) is 0 Å². The maximum Gasteiger partial charge on any atom is 0.197 e. The number of rotatable bonds is 7. The largest absolute Gasteiger partial charge is 0.330 e. The Labute approximate surface area is 213 Å². The molecule has 1 aliphatic rings. The van der Waals surface area contributed by atoms with E-state index in [9.17, 15) is 0 Å². The van der Waals surface area contributed by atoms with Crippen LogP contribution in [-0.2, 0) is 6.42 Å². The molecule has 184 valence electrons. The highest BCUT2D eigenvalue weighted by atomic mass is 15.1. The first kappa shape index (κ1) is 22.0. The Hall–Kier alpha value is -4.24. The van der Waals surface area contributed by atoms with Crippen molar-refractivity contribution in [3.8, 4) is 22.5 Å². The summed E-state index contributed by atoms with van der Waals surface area (Å²) in [7, 11) is 0. The Morgan fingerprint density at radius 3 is 2.03 bits per heavy atom. The molecular formula is C28H27N9. The van der Waals surface area contributed by atoms with Gasteiger partial charge in [-0.25, -0.2) is 29.9 Å². The van der Waals surface area contributed by atoms with E-state index in [-0.39, 0.29) is 0 Å². The number of unbranched alkanes of at least 4 members (excludes halogenated alkanes) is 1. The third-order valence-electron chi connectivity index (χ3n) is 7.27. The number of nitrogens with one attached hydrogen (secondary N) is 2. The van der Waals surface area contributed by atoms with E-state index in [1.165, 1.54) is 19.3 Å². The molecule has 0 unspecified atom stereocenters. The third-order valence-corrected chi connectivity index (χ3v) is 7.27. The molecule has 9 heteroatoms. The zero-order valence-corrected chi connectivity index (χ0v) is 20.4. The van der Waals surface area contributed by atoms with Crippen LogP contribution in [0.25, 0.3) is 55.9 Å². The summed E-state index contributed by atoms with van der Waals surface area (Å²) in [4.78, 5) is 34.6. The van der Waals surface area contributed by atoms with Gasteiger partial charge in [0.2, 0.25) is 0 Å². The molecule has 37 heavy (non-hydrogen) atoms. The highest BCUT2D eigenvalue weighted by molar-refractivity contribution is 5.90. The Bertz CT molecular complexity index is 1750. The summed E-state index contributed by atoms with van der Waals surface area (Å²) in [6.45, 7) is 0.693. The van der Waals surface area contributed by atoms with Gasteiger partial charge in [0.15, 0.2) is 22.6 Å². The molecule has 4 aromatic heterocycles. The molecule has 0 saturated heterocycles. The summed E-state index contributed by atoms with van der Waals surface area (Å²) < 4.78 is 0. The molecular weight excluding hydrogens is 462 g/mol. The Kier molecular flexibility index (Phi) is 5.35. The van der Waals surface area contributed by atoms with Crippen LogP contribution in [0.4, 0.5) is 0 Å². The van der Waals surface area contributed by atoms with Crippen molar-refractivity contribution in [1.29, 1.82) is 0 Å². The minimum Gasteiger partial charge on any atom is -0.330 e. The van der Waals surface area contributed by atoms with Crippen molar-refractivity contribution in [2.45, 2.75) is 44.4 Å². The molecule has 0 radical (unpaired) electrons. The molecule has 0 bridgehead atoms. The van der Waals surface area contributed by atoms with Crippen LogP contribution in [0.5, 0.6) is 0 Å². The van der Waals surface area contributed by atoms with Crippen molar-refractivity contribution in [3.05, 3.63) is 60.4 Å². The van der Waals surface area contributed by atoms with Gasteiger partial charge in [-0.05, 0) is 55.1 Å². The first-order chi connectivity index (χ1) is 18.2. The second-order valence-corrected chi connectivity index (χ2v) is 9.81. The molecule has 7 rings (SSSR count). The van der Waals surface area contributed by atoms with Crippen LogP contribution in [0.3, 0.4) is 0 Å². The second kappa shape index (κ2) is 9.01. The van der Waals surface area contributed by atoms with Crippen molar-refractivity contribution in [1.82, 2.24) is 39.9 Å². The normalized spacial score (nSPS) is 14.1. The van der Waals surface area contributed by atoms with E-state index in [0.29, 0.717) is 29.4 Å². The molecule has 1 saturated carbocycles. The highest BCUT2D eigenvalue weighted by Crippen LogP contribution is 2.35. The average Bonchev–Trinajstić information content (AvgIpc) is 3.49. The minimum absolute atomic E-state index is 0.524. The lowest BCUT2D eigenvalue weighted by Gasteiger charge is -2.22. The van der Waals surface area contributed by atoms with Crippen molar-refractivity contribution >= 4 is 33.4 Å². The van der Waals surface area contributed by atoms with E-state index in [1.807, 2.05) is 6.20 Å². The van der Waals surface area contributed by atoms with Gasteiger partial charge >= 0.3 is 0 Å². The summed E-state index contributed by atoms with van der Waals surface area (Å²) in [5.74, 6) is 2.45. The number of hydrogen-bond acceptors (Lipinski definition) is 7. The van der Waals surface area contributed by atoms with Gasteiger partial charge in [-0.2, -0.15) is 0 Å². The number of aromatic amines is 2. The maximum absolute atomic E-state index is 5.60. The summed E-state index contributed by atoms with van der Waals surface area (Å²) in [6.07, 6.45) is 10.1. The predicted octanol–water partition coefficient (Wildman–Crippen LogP) is 5.06. The van der Waals surface area contributed by atoms with Crippen molar-refractivity contribution in [2.75, 3.05) is 6.54 Å². The quantitative estimate of drug-likeness (QED) is 0.267. The number of imidazole rings is 2. The molecule has 0 atom stereocenters.